The lowest BCUT2D eigenvalue weighted by atomic mass is 9.96. The van der Waals surface area contributed by atoms with Crippen LogP contribution in [0.3, 0.4) is 0 Å². The zero-order valence-corrected chi connectivity index (χ0v) is 13.5. The number of carbonyl (C=O) groups is 1. The van der Waals surface area contributed by atoms with Crippen LogP contribution in [0.4, 0.5) is 24.5 Å². The quantitative estimate of drug-likeness (QED) is 0.659. The van der Waals surface area contributed by atoms with Gasteiger partial charge < -0.3 is 10.0 Å². The SMILES string of the molecule is Cc1cc(N2C[C@@H](C(F)(F)F)[C@H](C(=O)O)C2)c2cccc([N+](=O)[O-])c2n1. The molecular weight excluding hydrogens is 355 g/mol. The third kappa shape index (κ3) is 3.02. The largest absolute Gasteiger partial charge is 0.481 e. The maximum Gasteiger partial charge on any atom is 0.394 e. The smallest absolute Gasteiger partial charge is 0.394 e. The number of benzene rings is 1. The van der Waals surface area contributed by atoms with E-state index >= 15 is 0 Å². The summed E-state index contributed by atoms with van der Waals surface area (Å²) < 4.78 is 39.7. The number of anilines is 1. The standard InChI is InChI=1S/C16H14F3N3O4/c1-8-5-13(9-3-2-4-12(22(25)26)14(9)20-8)21-6-10(15(23)24)11(7-21)16(17,18)19/h2-5,10-11H,6-7H2,1H3,(H,23,24)/t10-,11-/m1/s1. The van der Waals surface area contributed by atoms with Crippen molar-refractivity contribution in [1.82, 2.24) is 4.98 Å². The number of non-ortho nitro benzene ring substituents is 1. The number of halogens is 3. The van der Waals surface area contributed by atoms with Crippen molar-refractivity contribution < 1.29 is 28.0 Å². The fourth-order valence-electron chi connectivity index (χ4n) is 3.33. The number of hydrogen-bond donors (Lipinski definition) is 1. The van der Waals surface area contributed by atoms with Crippen LogP contribution in [-0.4, -0.2) is 40.2 Å². The van der Waals surface area contributed by atoms with Crippen LogP contribution in [-0.2, 0) is 4.79 Å². The third-order valence-electron chi connectivity index (χ3n) is 4.52. The van der Waals surface area contributed by atoms with E-state index in [-0.39, 0.29) is 17.7 Å². The minimum absolute atomic E-state index is 0.0647. The maximum atomic E-state index is 13.2. The molecule has 1 aromatic heterocycles. The molecule has 1 N–H and O–H groups in total. The number of pyridine rings is 1. The Morgan fingerprint density at radius 1 is 1.38 bits per heavy atom. The lowest BCUT2D eigenvalue weighted by Gasteiger charge is -2.21. The number of carboxylic acids is 1. The Balaban J connectivity index is 2.13. The van der Waals surface area contributed by atoms with Gasteiger partial charge in [0.1, 0.15) is 0 Å². The molecular formula is C16H14F3N3O4. The van der Waals surface area contributed by atoms with Crippen LogP contribution in [0.1, 0.15) is 5.69 Å². The van der Waals surface area contributed by atoms with Crippen molar-refractivity contribution in [2.45, 2.75) is 13.1 Å². The molecule has 1 aromatic carbocycles. The van der Waals surface area contributed by atoms with E-state index in [0.29, 0.717) is 16.8 Å². The molecule has 7 nitrogen and oxygen atoms in total. The number of aryl methyl sites for hydroxylation is 1. The van der Waals surface area contributed by atoms with Crippen molar-refractivity contribution in [3.05, 3.63) is 40.1 Å². The van der Waals surface area contributed by atoms with Gasteiger partial charge in [-0.05, 0) is 13.0 Å². The number of nitrogens with zero attached hydrogens (tertiary/aromatic N) is 3. The van der Waals surface area contributed by atoms with E-state index < -0.39 is 35.4 Å². The number of rotatable bonds is 3. The molecule has 2 atom stereocenters. The number of aliphatic carboxylic acids is 1. The van der Waals surface area contributed by atoms with E-state index in [2.05, 4.69) is 4.98 Å². The molecule has 10 heteroatoms. The molecule has 2 heterocycles. The Bertz CT molecular complexity index is 900. The van der Waals surface area contributed by atoms with Crippen molar-refractivity contribution in [3.63, 3.8) is 0 Å². The molecule has 1 aliphatic rings. The fourth-order valence-corrected chi connectivity index (χ4v) is 3.33. The molecule has 1 fully saturated rings. The highest BCUT2D eigenvalue weighted by molar-refractivity contribution is 5.97. The first-order valence-corrected chi connectivity index (χ1v) is 7.69. The van der Waals surface area contributed by atoms with Crippen LogP contribution >= 0.6 is 0 Å². The number of hydrogen-bond acceptors (Lipinski definition) is 5. The molecule has 1 aliphatic heterocycles. The second-order valence-electron chi connectivity index (χ2n) is 6.21. The molecule has 0 radical (unpaired) electrons. The average Bonchev–Trinajstić information content (AvgIpc) is 2.99. The van der Waals surface area contributed by atoms with Crippen LogP contribution in [0, 0.1) is 28.9 Å². The number of para-hydroxylation sites is 1. The highest BCUT2D eigenvalue weighted by Crippen LogP contribution is 2.41. The average molecular weight is 369 g/mol. The Morgan fingerprint density at radius 3 is 2.62 bits per heavy atom. The van der Waals surface area contributed by atoms with Gasteiger partial charge in [0.25, 0.3) is 5.69 Å². The van der Waals surface area contributed by atoms with Crippen LogP contribution in [0.15, 0.2) is 24.3 Å². The molecule has 0 aliphatic carbocycles. The zero-order chi connectivity index (χ0) is 19.2. The molecule has 0 spiro atoms. The summed E-state index contributed by atoms with van der Waals surface area (Å²) in [7, 11) is 0. The van der Waals surface area contributed by atoms with E-state index in [4.69, 9.17) is 5.11 Å². The molecule has 138 valence electrons. The maximum absolute atomic E-state index is 13.2. The number of aromatic nitrogens is 1. The topological polar surface area (TPSA) is 96.6 Å². The van der Waals surface area contributed by atoms with Gasteiger partial charge in [-0.1, -0.05) is 12.1 Å². The van der Waals surface area contributed by atoms with Gasteiger partial charge in [0, 0.05) is 35.9 Å². The van der Waals surface area contributed by atoms with Gasteiger partial charge in [0.15, 0.2) is 5.52 Å². The van der Waals surface area contributed by atoms with E-state index in [0.717, 1.165) is 0 Å². The monoisotopic (exact) mass is 369 g/mol. The van der Waals surface area contributed by atoms with E-state index in [1.54, 1.807) is 6.92 Å². The summed E-state index contributed by atoms with van der Waals surface area (Å²) in [5.41, 5.74) is 0.516. The van der Waals surface area contributed by atoms with Gasteiger partial charge in [-0.25, -0.2) is 4.98 Å². The highest BCUT2D eigenvalue weighted by atomic mass is 19.4. The van der Waals surface area contributed by atoms with Crippen molar-refractivity contribution in [1.29, 1.82) is 0 Å². The first-order chi connectivity index (χ1) is 12.1. The highest BCUT2D eigenvalue weighted by Gasteiger charge is 2.52. The van der Waals surface area contributed by atoms with E-state index in [1.807, 2.05) is 0 Å². The summed E-state index contributed by atoms with van der Waals surface area (Å²) in [4.78, 5) is 27.3. The predicted molar refractivity (Wildman–Crippen MR) is 86.0 cm³/mol. The van der Waals surface area contributed by atoms with E-state index in [1.165, 1.54) is 29.2 Å². The Kier molecular flexibility index (Phi) is 4.21. The Labute approximate surface area is 145 Å². The van der Waals surface area contributed by atoms with Crippen molar-refractivity contribution in [2.24, 2.45) is 11.8 Å². The zero-order valence-electron chi connectivity index (χ0n) is 13.5. The molecule has 0 bridgehead atoms. The predicted octanol–water partition coefficient (Wildman–Crippen LogP) is 3.15. The normalized spacial score (nSPS) is 20.5. The second-order valence-corrected chi connectivity index (χ2v) is 6.21. The molecule has 3 rings (SSSR count). The molecule has 0 saturated carbocycles. The molecule has 0 amide bonds. The first kappa shape index (κ1) is 17.9. The van der Waals surface area contributed by atoms with Crippen molar-refractivity contribution in [2.75, 3.05) is 18.0 Å². The van der Waals surface area contributed by atoms with E-state index in [9.17, 15) is 28.1 Å². The molecule has 2 aromatic rings. The van der Waals surface area contributed by atoms with Crippen LogP contribution in [0.25, 0.3) is 10.9 Å². The summed E-state index contributed by atoms with van der Waals surface area (Å²) >= 11 is 0. The minimum atomic E-state index is -4.65. The summed E-state index contributed by atoms with van der Waals surface area (Å²) in [6.45, 7) is 0.716. The van der Waals surface area contributed by atoms with Gasteiger partial charge in [0.2, 0.25) is 0 Å². The van der Waals surface area contributed by atoms with Crippen LogP contribution in [0.2, 0.25) is 0 Å². The van der Waals surface area contributed by atoms with Gasteiger partial charge in [-0.3, -0.25) is 14.9 Å². The Morgan fingerprint density at radius 2 is 2.08 bits per heavy atom. The molecule has 0 unspecified atom stereocenters. The van der Waals surface area contributed by atoms with Crippen molar-refractivity contribution >= 4 is 28.2 Å². The number of carboxylic acid groups (broad SMARTS) is 1. The van der Waals surface area contributed by atoms with Gasteiger partial charge >= 0.3 is 12.1 Å². The number of nitro benzene ring substituents is 1. The molecule has 1 saturated heterocycles. The van der Waals surface area contributed by atoms with Crippen molar-refractivity contribution in [3.8, 4) is 0 Å². The summed E-state index contributed by atoms with van der Waals surface area (Å²) in [6, 6.07) is 5.73. The number of nitro groups is 1. The van der Waals surface area contributed by atoms with Gasteiger partial charge in [-0.2, -0.15) is 13.2 Å². The van der Waals surface area contributed by atoms with Gasteiger partial charge in [-0.15, -0.1) is 0 Å². The first-order valence-electron chi connectivity index (χ1n) is 7.69. The fraction of sp³-hybridized carbons (Fsp3) is 0.375. The van der Waals surface area contributed by atoms with Crippen LogP contribution < -0.4 is 4.90 Å². The number of fused-ring (bicyclic) bond motifs is 1. The summed E-state index contributed by atoms with van der Waals surface area (Å²) in [5, 5.41) is 20.7. The third-order valence-corrected chi connectivity index (χ3v) is 4.52. The lowest BCUT2D eigenvalue weighted by molar-refractivity contribution is -0.383. The van der Waals surface area contributed by atoms with Gasteiger partial charge in [0.05, 0.1) is 16.8 Å². The second kappa shape index (κ2) is 6.11. The van der Waals surface area contributed by atoms with Crippen LogP contribution in [0.5, 0.6) is 0 Å². The molecule has 26 heavy (non-hydrogen) atoms. The summed E-state index contributed by atoms with van der Waals surface area (Å²) in [5.74, 6) is -5.13. The minimum Gasteiger partial charge on any atom is -0.481 e. The lowest BCUT2D eigenvalue weighted by Crippen LogP contribution is -2.33. The number of alkyl halides is 3. The summed E-state index contributed by atoms with van der Waals surface area (Å²) in [6.07, 6.45) is -4.65. The Hall–Kier alpha value is -2.91.